The van der Waals surface area contributed by atoms with Gasteiger partial charge in [-0.3, -0.25) is 9.59 Å². The molecule has 1 saturated carbocycles. The molecule has 6 heteroatoms. The molecule has 0 unspecified atom stereocenters. The van der Waals surface area contributed by atoms with Crippen LogP contribution in [0.5, 0.6) is 11.5 Å². The summed E-state index contributed by atoms with van der Waals surface area (Å²) in [5, 5.41) is 5.89. The Balaban J connectivity index is 1.29. The van der Waals surface area contributed by atoms with E-state index in [0.717, 1.165) is 31.4 Å². The second-order valence-corrected chi connectivity index (χ2v) is 8.40. The van der Waals surface area contributed by atoms with Crippen LogP contribution in [0.1, 0.15) is 42.5 Å². The van der Waals surface area contributed by atoms with Gasteiger partial charge in [-0.15, -0.1) is 0 Å². The molecule has 0 aliphatic heterocycles. The molecule has 0 aromatic heterocycles. The van der Waals surface area contributed by atoms with Crippen LogP contribution in [0.15, 0.2) is 78.9 Å². The first-order chi connectivity index (χ1) is 16.7. The van der Waals surface area contributed by atoms with Crippen LogP contribution in [0.2, 0.25) is 0 Å². The van der Waals surface area contributed by atoms with Crippen LogP contribution in [0, 0.1) is 5.92 Å². The molecule has 1 aliphatic rings. The van der Waals surface area contributed by atoms with Crippen LogP contribution in [-0.2, 0) is 4.79 Å². The second-order valence-electron chi connectivity index (χ2n) is 8.40. The third kappa shape index (κ3) is 6.85. The lowest BCUT2D eigenvalue weighted by atomic mass is 9.88. The molecule has 1 aliphatic carbocycles. The van der Waals surface area contributed by atoms with Gasteiger partial charge in [-0.25, -0.2) is 0 Å². The van der Waals surface area contributed by atoms with Gasteiger partial charge in [-0.2, -0.15) is 0 Å². The summed E-state index contributed by atoms with van der Waals surface area (Å²) in [4.78, 5) is 25.3. The van der Waals surface area contributed by atoms with Crippen molar-refractivity contribution in [3.8, 4) is 11.5 Å². The fourth-order valence-electron chi connectivity index (χ4n) is 4.05. The number of carbonyl (C=O) groups excluding carboxylic acids is 2. The van der Waals surface area contributed by atoms with E-state index < -0.39 is 0 Å². The van der Waals surface area contributed by atoms with Gasteiger partial charge >= 0.3 is 0 Å². The highest BCUT2D eigenvalue weighted by atomic mass is 16.5. The number of anilines is 2. The van der Waals surface area contributed by atoms with Gasteiger partial charge in [0.2, 0.25) is 5.91 Å². The van der Waals surface area contributed by atoms with Gasteiger partial charge < -0.3 is 20.1 Å². The fraction of sp³-hybridized carbons (Fsp3) is 0.286. The Kier molecular flexibility index (Phi) is 8.17. The molecule has 0 radical (unpaired) electrons. The third-order valence-corrected chi connectivity index (χ3v) is 5.82. The third-order valence-electron chi connectivity index (χ3n) is 5.82. The predicted molar refractivity (Wildman–Crippen MR) is 133 cm³/mol. The second kappa shape index (κ2) is 11.9. The summed E-state index contributed by atoms with van der Waals surface area (Å²) < 4.78 is 11.4. The summed E-state index contributed by atoms with van der Waals surface area (Å²) in [5.74, 6) is 1.27. The highest BCUT2D eigenvalue weighted by Gasteiger charge is 2.21. The minimum absolute atomic E-state index is 0.0595. The molecule has 0 atom stereocenters. The average molecular weight is 459 g/mol. The number of para-hydroxylation sites is 1. The number of nitrogens with one attached hydrogen (secondary N) is 2. The topological polar surface area (TPSA) is 76.7 Å². The van der Waals surface area contributed by atoms with Crippen LogP contribution >= 0.6 is 0 Å². The van der Waals surface area contributed by atoms with Gasteiger partial charge in [0.15, 0.2) is 0 Å². The maximum Gasteiger partial charge on any atom is 0.255 e. The Hall–Kier alpha value is -3.80. The van der Waals surface area contributed by atoms with E-state index in [1.165, 1.54) is 6.42 Å². The van der Waals surface area contributed by atoms with E-state index in [2.05, 4.69) is 10.6 Å². The number of hydrogen-bond donors (Lipinski definition) is 2. The molecule has 4 rings (SSSR count). The lowest BCUT2D eigenvalue weighted by Gasteiger charge is -2.20. The Bertz CT molecular complexity index is 1090. The van der Waals surface area contributed by atoms with Crippen molar-refractivity contribution in [1.29, 1.82) is 0 Å². The summed E-state index contributed by atoms with van der Waals surface area (Å²) in [6.45, 7) is 0.766. The average Bonchev–Trinajstić information content (AvgIpc) is 2.88. The molecule has 0 bridgehead atoms. The van der Waals surface area contributed by atoms with E-state index in [-0.39, 0.29) is 17.7 Å². The number of hydrogen-bond acceptors (Lipinski definition) is 4. The van der Waals surface area contributed by atoms with Gasteiger partial charge in [-0.1, -0.05) is 49.6 Å². The molecule has 0 heterocycles. The van der Waals surface area contributed by atoms with E-state index in [0.29, 0.717) is 35.9 Å². The maximum atomic E-state index is 12.8. The zero-order valence-electron chi connectivity index (χ0n) is 19.2. The van der Waals surface area contributed by atoms with Crippen molar-refractivity contribution < 1.29 is 19.1 Å². The molecule has 0 spiro atoms. The molecular weight excluding hydrogens is 428 g/mol. The molecule has 1 fully saturated rings. The summed E-state index contributed by atoms with van der Waals surface area (Å²) in [6, 6.07) is 23.8. The highest BCUT2D eigenvalue weighted by molar-refractivity contribution is 6.05. The van der Waals surface area contributed by atoms with Gasteiger partial charge in [0.1, 0.15) is 24.7 Å². The van der Waals surface area contributed by atoms with Crippen LogP contribution < -0.4 is 20.1 Å². The SMILES string of the molecule is O=C(Nc1cccc(NC(=O)C2CCCCC2)c1)c1cccc(OCCOc2ccccc2)c1. The lowest BCUT2D eigenvalue weighted by Crippen LogP contribution is -2.24. The molecule has 176 valence electrons. The molecule has 3 aromatic rings. The number of benzene rings is 3. The first-order valence-electron chi connectivity index (χ1n) is 11.8. The number of rotatable bonds is 9. The largest absolute Gasteiger partial charge is 0.490 e. The quantitative estimate of drug-likeness (QED) is 0.391. The van der Waals surface area contributed by atoms with Crippen molar-refractivity contribution in [1.82, 2.24) is 0 Å². The minimum atomic E-state index is -0.248. The minimum Gasteiger partial charge on any atom is -0.490 e. The Labute approximate surface area is 200 Å². The van der Waals surface area contributed by atoms with Gasteiger partial charge in [0.05, 0.1) is 0 Å². The Morgan fingerprint density at radius 1 is 0.706 bits per heavy atom. The van der Waals surface area contributed by atoms with Crippen molar-refractivity contribution in [2.24, 2.45) is 5.92 Å². The molecule has 3 aromatic carbocycles. The Morgan fingerprint density at radius 3 is 2.12 bits per heavy atom. The lowest BCUT2D eigenvalue weighted by molar-refractivity contribution is -0.120. The fourth-order valence-corrected chi connectivity index (χ4v) is 4.05. The summed E-state index contributed by atoms with van der Waals surface area (Å²) in [5.41, 5.74) is 1.79. The van der Waals surface area contributed by atoms with Crippen molar-refractivity contribution >= 4 is 23.2 Å². The molecule has 2 N–H and O–H groups in total. The van der Waals surface area contributed by atoms with Gasteiger partial charge in [-0.05, 0) is 61.4 Å². The zero-order chi connectivity index (χ0) is 23.6. The molecule has 34 heavy (non-hydrogen) atoms. The standard InChI is InChI=1S/C28H30N2O4/c31-27(21-9-3-1-4-10-21)29-23-12-8-13-24(20-23)30-28(32)22-11-7-16-26(19-22)34-18-17-33-25-14-5-2-6-15-25/h2,5-8,11-16,19-21H,1,3-4,9-10,17-18H2,(H,29,31)(H,30,32). The summed E-state index contributed by atoms with van der Waals surface area (Å²) in [7, 11) is 0. The summed E-state index contributed by atoms with van der Waals surface area (Å²) >= 11 is 0. The first-order valence-corrected chi connectivity index (χ1v) is 11.8. The summed E-state index contributed by atoms with van der Waals surface area (Å²) in [6.07, 6.45) is 5.31. The maximum absolute atomic E-state index is 12.8. The Morgan fingerprint density at radius 2 is 1.35 bits per heavy atom. The number of carbonyl (C=O) groups is 2. The number of ether oxygens (including phenoxy) is 2. The molecule has 0 saturated heterocycles. The van der Waals surface area contributed by atoms with Crippen molar-refractivity contribution in [3.63, 3.8) is 0 Å². The molecular formula is C28H30N2O4. The number of amides is 2. The highest BCUT2D eigenvalue weighted by Crippen LogP contribution is 2.25. The van der Waals surface area contributed by atoms with E-state index in [9.17, 15) is 9.59 Å². The van der Waals surface area contributed by atoms with E-state index in [4.69, 9.17) is 9.47 Å². The zero-order valence-corrected chi connectivity index (χ0v) is 19.2. The monoisotopic (exact) mass is 458 g/mol. The molecule has 6 nitrogen and oxygen atoms in total. The van der Waals surface area contributed by atoms with Gasteiger partial charge in [0, 0.05) is 22.9 Å². The smallest absolute Gasteiger partial charge is 0.255 e. The van der Waals surface area contributed by atoms with Crippen LogP contribution in [-0.4, -0.2) is 25.0 Å². The first kappa shape index (κ1) is 23.4. The van der Waals surface area contributed by atoms with Crippen LogP contribution in [0.3, 0.4) is 0 Å². The van der Waals surface area contributed by atoms with Gasteiger partial charge in [0.25, 0.3) is 5.91 Å². The van der Waals surface area contributed by atoms with Crippen molar-refractivity contribution in [2.45, 2.75) is 32.1 Å². The van der Waals surface area contributed by atoms with E-state index in [1.54, 1.807) is 36.4 Å². The van der Waals surface area contributed by atoms with Crippen molar-refractivity contribution in [2.75, 3.05) is 23.8 Å². The predicted octanol–water partition coefficient (Wildman–Crippen LogP) is 5.92. The van der Waals surface area contributed by atoms with E-state index in [1.807, 2.05) is 42.5 Å². The molecule has 2 amide bonds. The van der Waals surface area contributed by atoms with Crippen LogP contribution in [0.25, 0.3) is 0 Å². The van der Waals surface area contributed by atoms with Crippen molar-refractivity contribution in [3.05, 3.63) is 84.4 Å². The normalized spacial score (nSPS) is 13.6. The van der Waals surface area contributed by atoms with E-state index >= 15 is 0 Å². The van der Waals surface area contributed by atoms with Crippen LogP contribution in [0.4, 0.5) is 11.4 Å².